The van der Waals surface area contributed by atoms with Gasteiger partial charge >= 0.3 is 0 Å². The predicted molar refractivity (Wildman–Crippen MR) is 108 cm³/mol. The van der Waals surface area contributed by atoms with E-state index in [1.807, 2.05) is 74.4 Å². The third-order valence-electron chi connectivity index (χ3n) is 4.66. The molecule has 0 saturated carbocycles. The van der Waals surface area contributed by atoms with Crippen LogP contribution in [0.3, 0.4) is 0 Å². The lowest BCUT2D eigenvalue weighted by atomic mass is 10.0. The van der Waals surface area contributed by atoms with Crippen molar-refractivity contribution in [3.63, 3.8) is 0 Å². The molecule has 1 N–H and O–H groups in total. The van der Waals surface area contributed by atoms with Crippen molar-refractivity contribution in [3.8, 4) is 17.1 Å². The number of para-hydroxylation sites is 1. The van der Waals surface area contributed by atoms with Crippen LogP contribution in [-0.2, 0) is 0 Å². The van der Waals surface area contributed by atoms with Crippen LogP contribution in [0.5, 0.6) is 5.75 Å². The summed E-state index contributed by atoms with van der Waals surface area (Å²) in [7, 11) is 5.58. The molecule has 0 radical (unpaired) electrons. The molecule has 2 aromatic carbocycles. The Morgan fingerprint density at radius 1 is 1.18 bits per heavy atom. The number of hydrogen-bond acceptors (Lipinski definition) is 5. The molecule has 1 amide bonds. The first-order valence-corrected chi connectivity index (χ1v) is 9.11. The summed E-state index contributed by atoms with van der Waals surface area (Å²) in [6.07, 6.45) is 0. The molecular weight excluding hydrogens is 354 g/mol. The summed E-state index contributed by atoms with van der Waals surface area (Å²) < 4.78 is 10.8. The van der Waals surface area contributed by atoms with Crippen LogP contribution in [0.4, 0.5) is 0 Å². The lowest BCUT2D eigenvalue weighted by Gasteiger charge is -2.26. The summed E-state index contributed by atoms with van der Waals surface area (Å²) in [5.74, 6) is 1.08. The Kier molecular flexibility index (Phi) is 6.11. The number of rotatable bonds is 7. The van der Waals surface area contributed by atoms with Gasteiger partial charge in [-0.05, 0) is 27.1 Å². The van der Waals surface area contributed by atoms with E-state index in [9.17, 15) is 4.79 Å². The number of nitrogens with one attached hydrogen (secondary N) is 1. The van der Waals surface area contributed by atoms with Crippen LogP contribution < -0.4 is 10.1 Å². The molecule has 1 atom stereocenters. The minimum atomic E-state index is -0.274. The highest BCUT2D eigenvalue weighted by Gasteiger charge is 2.20. The van der Waals surface area contributed by atoms with Gasteiger partial charge in [0.2, 0.25) is 0 Å². The van der Waals surface area contributed by atoms with Gasteiger partial charge in [0.25, 0.3) is 5.91 Å². The summed E-state index contributed by atoms with van der Waals surface area (Å²) >= 11 is 0. The largest absolute Gasteiger partial charge is 0.496 e. The predicted octanol–water partition coefficient (Wildman–Crippen LogP) is 3.69. The zero-order chi connectivity index (χ0) is 20.1. The van der Waals surface area contributed by atoms with Gasteiger partial charge in [-0.3, -0.25) is 4.79 Å². The Labute approximate surface area is 165 Å². The van der Waals surface area contributed by atoms with Gasteiger partial charge in [-0.1, -0.05) is 53.2 Å². The van der Waals surface area contributed by atoms with Gasteiger partial charge in [-0.15, -0.1) is 0 Å². The maximum atomic E-state index is 12.6. The van der Waals surface area contributed by atoms with Crippen molar-refractivity contribution >= 4 is 5.91 Å². The lowest BCUT2D eigenvalue weighted by Crippen LogP contribution is -2.34. The van der Waals surface area contributed by atoms with Crippen molar-refractivity contribution in [1.82, 2.24) is 15.4 Å². The maximum Gasteiger partial charge on any atom is 0.273 e. The molecule has 28 heavy (non-hydrogen) atoms. The molecule has 3 rings (SSSR count). The van der Waals surface area contributed by atoms with Gasteiger partial charge in [-0.2, -0.15) is 0 Å². The van der Waals surface area contributed by atoms with Crippen molar-refractivity contribution in [2.24, 2.45) is 0 Å². The van der Waals surface area contributed by atoms with Crippen LogP contribution in [0, 0.1) is 6.92 Å². The zero-order valence-electron chi connectivity index (χ0n) is 16.6. The smallest absolute Gasteiger partial charge is 0.273 e. The number of carbonyl (C=O) groups excluding carboxylic acids is 1. The van der Waals surface area contributed by atoms with Gasteiger partial charge in [-0.25, -0.2) is 0 Å². The molecule has 0 aliphatic carbocycles. The molecule has 0 saturated heterocycles. The third-order valence-corrected chi connectivity index (χ3v) is 4.66. The van der Waals surface area contributed by atoms with Crippen molar-refractivity contribution in [2.75, 3.05) is 27.7 Å². The van der Waals surface area contributed by atoms with Crippen LogP contribution in [0.15, 0.2) is 59.1 Å². The normalized spacial score (nSPS) is 12.0. The third kappa shape index (κ3) is 4.40. The summed E-state index contributed by atoms with van der Waals surface area (Å²) in [4.78, 5) is 14.6. The second kappa shape index (κ2) is 8.71. The zero-order valence-corrected chi connectivity index (χ0v) is 16.6. The SMILES string of the molecule is COc1ccccc1[C@H](CNC(=O)c1cc(-c2ccc(C)cc2)on1)N(C)C. The Morgan fingerprint density at radius 2 is 1.89 bits per heavy atom. The van der Waals surface area contributed by atoms with Gasteiger partial charge in [0.05, 0.1) is 13.2 Å². The molecule has 0 bridgehead atoms. The second-order valence-corrected chi connectivity index (χ2v) is 6.87. The van der Waals surface area contributed by atoms with Crippen LogP contribution >= 0.6 is 0 Å². The standard InChI is InChI=1S/C22H25N3O3/c1-15-9-11-16(12-10-15)21-13-18(24-28-21)22(26)23-14-19(25(2)3)17-7-5-6-8-20(17)27-4/h5-13,19H,14H2,1-4H3,(H,23,26)/t19-/m0/s1. The van der Waals surface area contributed by atoms with Crippen LogP contribution in [-0.4, -0.2) is 43.7 Å². The van der Waals surface area contributed by atoms with E-state index in [-0.39, 0.29) is 17.6 Å². The Bertz CT molecular complexity index is 932. The van der Waals surface area contributed by atoms with E-state index in [0.29, 0.717) is 12.3 Å². The molecule has 3 aromatic rings. The van der Waals surface area contributed by atoms with E-state index in [1.54, 1.807) is 13.2 Å². The number of aryl methyl sites for hydroxylation is 1. The van der Waals surface area contributed by atoms with Gasteiger partial charge in [0, 0.05) is 23.7 Å². The minimum Gasteiger partial charge on any atom is -0.496 e. The summed E-state index contributed by atoms with van der Waals surface area (Å²) in [6, 6.07) is 17.3. The molecule has 0 aliphatic rings. The van der Waals surface area contributed by atoms with Crippen molar-refractivity contribution in [3.05, 3.63) is 71.4 Å². The fourth-order valence-corrected chi connectivity index (χ4v) is 3.03. The number of likely N-dealkylation sites (N-methyl/N-ethyl adjacent to an activating group) is 1. The highest BCUT2D eigenvalue weighted by molar-refractivity contribution is 5.93. The summed E-state index contributed by atoms with van der Waals surface area (Å²) in [6.45, 7) is 2.44. The van der Waals surface area contributed by atoms with Crippen LogP contribution in [0.2, 0.25) is 0 Å². The number of ether oxygens (including phenoxy) is 1. The first-order valence-electron chi connectivity index (χ1n) is 9.11. The fraction of sp³-hybridized carbons (Fsp3) is 0.273. The van der Waals surface area contributed by atoms with E-state index >= 15 is 0 Å². The molecule has 1 heterocycles. The molecule has 0 unspecified atom stereocenters. The quantitative estimate of drug-likeness (QED) is 0.678. The molecule has 146 valence electrons. The lowest BCUT2D eigenvalue weighted by molar-refractivity contribution is 0.0932. The molecule has 6 nitrogen and oxygen atoms in total. The average molecular weight is 379 g/mol. The first kappa shape index (κ1) is 19.6. The number of amides is 1. The average Bonchev–Trinajstić information content (AvgIpc) is 3.19. The minimum absolute atomic E-state index is 0.0384. The second-order valence-electron chi connectivity index (χ2n) is 6.87. The Balaban J connectivity index is 1.71. The van der Waals surface area contributed by atoms with Crippen molar-refractivity contribution in [2.45, 2.75) is 13.0 Å². The molecule has 0 aliphatic heterocycles. The molecule has 1 aromatic heterocycles. The number of hydrogen-bond donors (Lipinski definition) is 1. The van der Waals surface area contributed by atoms with Crippen molar-refractivity contribution in [1.29, 1.82) is 0 Å². The summed E-state index contributed by atoms with van der Waals surface area (Å²) in [5.41, 5.74) is 3.31. The van der Waals surface area contributed by atoms with Crippen LogP contribution in [0.1, 0.15) is 27.7 Å². The highest BCUT2D eigenvalue weighted by Crippen LogP contribution is 2.27. The number of methoxy groups -OCH3 is 1. The van der Waals surface area contributed by atoms with E-state index < -0.39 is 0 Å². The van der Waals surface area contributed by atoms with E-state index in [2.05, 4.69) is 10.5 Å². The monoisotopic (exact) mass is 379 g/mol. The van der Waals surface area contributed by atoms with E-state index in [4.69, 9.17) is 9.26 Å². The van der Waals surface area contributed by atoms with Gasteiger partial charge in [0.15, 0.2) is 11.5 Å². The number of nitrogens with zero attached hydrogens (tertiary/aromatic N) is 2. The molecule has 6 heteroatoms. The molecule has 0 fully saturated rings. The first-order chi connectivity index (χ1) is 13.5. The molecule has 0 spiro atoms. The Morgan fingerprint density at radius 3 is 2.57 bits per heavy atom. The molecular formula is C22H25N3O3. The van der Waals surface area contributed by atoms with Gasteiger partial charge < -0.3 is 19.5 Å². The van der Waals surface area contributed by atoms with Crippen molar-refractivity contribution < 1.29 is 14.1 Å². The van der Waals surface area contributed by atoms with Gasteiger partial charge in [0.1, 0.15) is 5.75 Å². The van der Waals surface area contributed by atoms with E-state index in [0.717, 1.165) is 22.4 Å². The van der Waals surface area contributed by atoms with E-state index in [1.165, 1.54) is 0 Å². The summed E-state index contributed by atoms with van der Waals surface area (Å²) in [5, 5.41) is 6.86. The number of aromatic nitrogens is 1. The highest BCUT2D eigenvalue weighted by atomic mass is 16.5. The van der Waals surface area contributed by atoms with Crippen LogP contribution in [0.25, 0.3) is 11.3 Å². The number of carbonyl (C=O) groups is 1. The fourth-order valence-electron chi connectivity index (χ4n) is 3.03. The maximum absolute atomic E-state index is 12.6. The Hall–Kier alpha value is -3.12. The number of benzene rings is 2. The topological polar surface area (TPSA) is 67.6 Å².